The summed E-state index contributed by atoms with van der Waals surface area (Å²) in [4.78, 5) is 0. The second-order valence-corrected chi connectivity index (χ2v) is 5.59. The number of rotatable bonds is 4. The van der Waals surface area contributed by atoms with Crippen LogP contribution in [-0.4, -0.2) is 0 Å². The fourth-order valence-corrected chi connectivity index (χ4v) is 3.18. The first-order valence-electron chi connectivity index (χ1n) is 6.56. The van der Waals surface area contributed by atoms with Crippen molar-refractivity contribution in [3.05, 3.63) is 34.6 Å². The predicted octanol–water partition coefficient (Wildman–Crippen LogP) is 3.81. The molecule has 0 bridgehead atoms. The summed E-state index contributed by atoms with van der Waals surface area (Å²) in [7, 11) is 0. The maximum absolute atomic E-state index is 13.9. The third kappa shape index (κ3) is 2.85. The molecular formula is C14H20ClFN2. The highest BCUT2D eigenvalue weighted by molar-refractivity contribution is 6.30. The van der Waals surface area contributed by atoms with Gasteiger partial charge in [-0.1, -0.05) is 37.4 Å². The lowest BCUT2D eigenvalue weighted by Crippen LogP contribution is -2.33. The Balaban J connectivity index is 2.18. The quantitative estimate of drug-likeness (QED) is 0.645. The van der Waals surface area contributed by atoms with Crippen LogP contribution >= 0.6 is 11.6 Å². The van der Waals surface area contributed by atoms with Crippen LogP contribution in [0.5, 0.6) is 0 Å². The molecule has 0 amide bonds. The molecule has 4 heteroatoms. The fraction of sp³-hybridized carbons (Fsp3) is 0.571. The highest BCUT2D eigenvalue weighted by Gasteiger charge is 2.31. The molecule has 3 N–H and O–H groups in total. The van der Waals surface area contributed by atoms with Gasteiger partial charge in [-0.2, -0.15) is 0 Å². The van der Waals surface area contributed by atoms with Gasteiger partial charge >= 0.3 is 0 Å². The first kappa shape index (κ1) is 13.8. The van der Waals surface area contributed by atoms with Crippen LogP contribution in [0.3, 0.4) is 0 Å². The molecule has 0 spiro atoms. The summed E-state index contributed by atoms with van der Waals surface area (Å²) in [5.74, 6) is 6.52. The van der Waals surface area contributed by atoms with E-state index in [4.69, 9.17) is 17.4 Å². The van der Waals surface area contributed by atoms with Crippen molar-refractivity contribution in [1.29, 1.82) is 0 Å². The average Bonchev–Trinajstić information content (AvgIpc) is 2.81. The van der Waals surface area contributed by atoms with Crippen molar-refractivity contribution in [1.82, 2.24) is 5.43 Å². The van der Waals surface area contributed by atoms with Gasteiger partial charge in [0.15, 0.2) is 0 Å². The second kappa shape index (κ2) is 6.00. The van der Waals surface area contributed by atoms with Gasteiger partial charge in [-0.25, -0.2) is 4.39 Å². The number of hydrogen-bond donors (Lipinski definition) is 2. The highest BCUT2D eigenvalue weighted by Crippen LogP contribution is 2.40. The van der Waals surface area contributed by atoms with Crippen molar-refractivity contribution in [2.75, 3.05) is 0 Å². The smallest absolute Gasteiger partial charge is 0.129 e. The first-order valence-corrected chi connectivity index (χ1v) is 6.94. The fourth-order valence-electron chi connectivity index (χ4n) is 3.02. The Hall–Kier alpha value is -0.640. The summed E-state index contributed by atoms with van der Waals surface area (Å²) in [5.41, 5.74) is 3.41. The topological polar surface area (TPSA) is 38.0 Å². The van der Waals surface area contributed by atoms with E-state index in [-0.39, 0.29) is 11.9 Å². The van der Waals surface area contributed by atoms with Gasteiger partial charge < -0.3 is 0 Å². The third-order valence-electron chi connectivity index (χ3n) is 4.11. The molecule has 18 heavy (non-hydrogen) atoms. The molecule has 0 heterocycles. The van der Waals surface area contributed by atoms with E-state index in [1.165, 1.54) is 18.9 Å². The molecule has 0 radical (unpaired) electrons. The Morgan fingerprint density at radius 1 is 1.50 bits per heavy atom. The molecule has 1 aliphatic rings. The number of benzene rings is 1. The molecule has 1 aromatic carbocycles. The molecule has 3 unspecified atom stereocenters. The standard InChI is InChI=1S/C14H20ClFN2/c1-2-9-3-4-10(7-9)14(18-17)12-6-5-11(15)8-13(12)16/h5-6,8-10,14,18H,2-4,7,17H2,1H3. The van der Waals surface area contributed by atoms with E-state index in [9.17, 15) is 4.39 Å². The van der Waals surface area contributed by atoms with E-state index in [0.29, 0.717) is 16.5 Å². The van der Waals surface area contributed by atoms with Crippen LogP contribution in [0.2, 0.25) is 5.02 Å². The van der Waals surface area contributed by atoms with Crippen molar-refractivity contribution in [3.8, 4) is 0 Å². The van der Waals surface area contributed by atoms with Crippen LogP contribution < -0.4 is 11.3 Å². The van der Waals surface area contributed by atoms with Crippen LogP contribution in [-0.2, 0) is 0 Å². The van der Waals surface area contributed by atoms with E-state index in [1.807, 2.05) is 0 Å². The molecule has 3 atom stereocenters. The van der Waals surface area contributed by atoms with Crippen LogP contribution in [0.25, 0.3) is 0 Å². The second-order valence-electron chi connectivity index (χ2n) is 5.16. The zero-order chi connectivity index (χ0) is 13.1. The molecule has 2 rings (SSSR count). The Morgan fingerprint density at radius 3 is 2.83 bits per heavy atom. The molecule has 2 nitrogen and oxygen atoms in total. The summed E-state index contributed by atoms with van der Waals surface area (Å²) < 4.78 is 13.9. The van der Waals surface area contributed by atoms with E-state index in [2.05, 4.69) is 12.3 Å². The number of halogens is 2. The Bertz CT molecular complexity index is 411. The van der Waals surface area contributed by atoms with Crippen LogP contribution in [0.1, 0.15) is 44.2 Å². The molecule has 1 saturated carbocycles. The van der Waals surface area contributed by atoms with Gasteiger partial charge in [0.1, 0.15) is 5.82 Å². The zero-order valence-electron chi connectivity index (χ0n) is 10.6. The van der Waals surface area contributed by atoms with Crippen molar-refractivity contribution in [2.24, 2.45) is 17.7 Å². The molecule has 0 aromatic heterocycles. The maximum Gasteiger partial charge on any atom is 0.129 e. The minimum atomic E-state index is -0.273. The minimum Gasteiger partial charge on any atom is -0.271 e. The minimum absolute atomic E-state index is 0.112. The summed E-state index contributed by atoms with van der Waals surface area (Å²) in [5, 5.41) is 0.421. The third-order valence-corrected chi connectivity index (χ3v) is 4.34. The molecule has 100 valence electrons. The average molecular weight is 271 g/mol. The summed E-state index contributed by atoms with van der Waals surface area (Å²) in [6.45, 7) is 2.21. The van der Waals surface area contributed by atoms with E-state index >= 15 is 0 Å². The van der Waals surface area contributed by atoms with E-state index in [1.54, 1.807) is 12.1 Å². The number of hydrogen-bond acceptors (Lipinski definition) is 2. The van der Waals surface area contributed by atoms with Crippen LogP contribution in [0.15, 0.2) is 18.2 Å². The highest BCUT2D eigenvalue weighted by atomic mass is 35.5. The van der Waals surface area contributed by atoms with Crippen molar-refractivity contribution in [2.45, 2.75) is 38.6 Å². The number of nitrogens with one attached hydrogen (secondary N) is 1. The number of hydrazine groups is 1. The molecule has 1 aromatic rings. The van der Waals surface area contributed by atoms with Gasteiger partial charge in [-0.15, -0.1) is 0 Å². The van der Waals surface area contributed by atoms with Gasteiger partial charge in [0.2, 0.25) is 0 Å². The Morgan fingerprint density at radius 2 is 2.28 bits per heavy atom. The molecule has 0 saturated heterocycles. The van der Waals surface area contributed by atoms with E-state index in [0.717, 1.165) is 18.8 Å². The van der Waals surface area contributed by atoms with Crippen molar-refractivity contribution < 1.29 is 4.39 Å². The van der Waals surface area contributed by atoms with Gasteiger partial charge in [0.25, 0.3) is 0 Å². The lowest BCUT2D eigenvalue weighted by atomic mass is 9.90. The Labute approximate surface area is 113 Å². The zero-order valence-corrected chi connectivity index (χ0v) is 11.4. The summed E-state index contributed by atoms with van der Waals surface area (Å²) in [6.07, 6.45) is 4.63. The van der Waals surface area contributed by atoms with Gasteiger partial charge in [0, 0.05) is 10.6 Å². The normalized spacial score (nSPS) is 25.3. The maximum atomic E-state index is 13.9. The number of nitrogens with two attached hydrogens (primary N) is 1. The van der Waals surface area contributed by atoms with Gasteiger partial charge in [0.05, 0.1) is 6.04 Å². The summed E-state index contributed by atoms with van der Waals surface area (Å²) in [6, 6.07) is 4.70. The van der Waals surface area contributed by atoms with Gasteiger partial charge in [-0.05, 0) is 36.8 Å². The lowest BCUT2D eigenvalue weighted by Gasteiger charge is -2.24. The molecule has 1 fully saturated rings. The SMILES string of the molecule is CCC1CCC(C(NN)c2ccc(Cl)cc2F)C1. The summed E-state index contributed by atoms with van der Waals surface area (Å²) >= 11 is 5.78. The van der Waals surface area contributed by atoms with Crippen molar-refractivity contribution >= 4 is 11.6 Å². The largest absolute Gasteiger partial charge is 0.271 e. The molecular weight excluding hydrogens is 251 g/mol. The Kier molecular flexibility index (Phi) is 4.60. The predicted molar refractivity (Wildman–Crippen MR) is 72.6 cm³/mol. The molecule has 0 aliphatic heterocycles. The monoisotopic (exact) mass is 270 g/mol. The first-order chi connectivity index (χ1) is 8.65. The molecule has 1 aliphatic carbocycles. The van der Waals surface area contributed by atoms with E-state index < -0.39 is 0 Å². The van der Waals surface area contributed by atoms with Gasteiger partial charge in [-0.3, -0.25) is 11.3 Å². The van der Waals surface area contributed by atoms with Crippen molar-refractivity contribution in [3.63, 3.8) is 0 Å². The lowest BCUT2D eigenvalue weighted by molar-refractivity contribution is 0.349. The van der Waals surface area contributed by atoms with Crippen LogP contribution in [0, 0.1) is 17.7 Å². The van der Waals surface area contributed by atoms with Crippen LogP contribution in [0.4, 0.5) is 4.39 Å².